The van der Waals surface area contributed by atoms with Crippen LogP contribution in [-0.4, -0.2) is 19.0 Å². The van der Waals surface area contributed by atoms with Crippen molar-refractivity contribution in [2.75, 3.05) is 12.0 Å². The highest BCUT2D eigenvalue weighted by Crippen LogP contribution is 2.42. The van der Waals surface area contributed by atoms with E-state index in [1.54, 1.807) is 18.2 Å². The van der Waals surface area contributed by atoms with Crippen molar-refractivity contribution in [2.45, 2.75) is 12.2 Å². The molecule has 0 fully saturated rings. The summed E-state index contributed by atoms with van der Waals surface area (Å²) >= 11 is 0. The number of ether oxygens (including phenoxy) is 1. The van der Waals surface area contributed by atoms with Crippen LogP contribution in [0.1, 0.15) is 43.6 Å². The summed E-state index contributed by atoms with van der Waals surface area (Å²) in [6.45, 7) is 0. The van der Waals surface area contributed by atoms with Crippen LogP contribution in [0.15, 0.2) is 82.0 Å². The number of hydrogen-bond donors (Lipinski definition) is 0. The fourth-order valence-corrected chi connectivity index (χ4v) is 4.25. The van der Waals surface area contributed by atoms with Gasteiger partial charge in [0.05, 0.1) is 35.2 Å². The number of benzene rings is 3. The predicted octanol–water partition coefficient (Wildman–Crippen LogP) is 5.35. The maximum absolute atomic E-state index is 13.5. The summed E-state index contributed by atoms with van der Waals surface area (Å²) in [6.07, 6.45) is -4.63. The molecule has 0 N–H and O–H groups in total. The van der Waals surface area contributed by atoms with Crippen LogP contribution in [-0.2, 0) is 10.9 Å². The number of fused-ring (bicyclic) bond motifs is 2. The number of methoxy groups -OCH3 is 1. The molecule has 1 aliphatic heterocycles. The van der Waals surface area contributed by atoms with Gasteiger partial charge in [-0.05, 0) is 48.0 Å². The minimum Gasteiger partial charge on any atom is -0.465 e. The number of rotatable bonds is 3. The molecule has 9 heteroatoms. The summed E-state index contributed by atoms with van der Waals surface area (Å²) in [4.78, 5) is 39.9. The highest BCUT2D eigenvalue weighted by Gasteiger charge is 2.44. The molecule has 1 aliphatic rings. The first kappa shape index (κ1) is 22.4. The number of anilines is 1. The quantitative estimate of drug-likeness (QED) is 0.371. The van der Waals surface area contributed by atoms with Gasteiger partial charge in [0.15, 0.2) is 5.43 Å². The molecule has 0 saturated heterocycles. The van der Waals surface area contributed by atoms with Gasteiger partial charge in [0.1, 0.15) is 5.58 Å². The van der Waals surface area contributed by atoms with Gasteiger partial charge in [-0.3, -0.25) is 14.5 Å². The Hall–Kier alpha value is -4.40. The van der Waals surface area contributed by atoms with Crippen molar-refractivity contribution in [1.29, 1.82) is 0 Å². The molecule has 176 valence electrons. The number of alkyl halides is 3. The fourth-order valence-electron chi connectivity index (χ4n) is 4.25. The van der Waals surface area contributed by atoms with Crippen molar-refractivity contribution in [2.24, 2.45) is 0 Å². The molecule has 6 nitrogen and oxygen atoms in total. The lowest BCUT2D eigenvalue weighted by Gasteiger charge is -2.26. The summed E-state index contributed by atoms with van der Waals surface area (Å²) in [5.74, 6) is -1.57. The molecule has 1 atom stereocenters. The van der Waals surface area contributed by atoms with Gasteiger partial charge >= 0.3 is 12.1 Å². The van der Waals surface area contributed by atoms with E-state index in [2.05, 4.69) is 0 Å². The Morgan fingerprint density at radius 1 is 0.971 bits per heavy atom. The fraction of sp³-hybridized carbons (Fsp3) is 0.115. The van der Waals surface area contributed by atoms with Gasteiger partial charge in [-0.2, -0.15) is 13.2 Å². The van der Waals surface area contributed by atoms with Crippen LogP contribution in [0.2, 0.25) is 0 Å². The molecule has 35 heavy (non-hydrogen) atoms. The molecule has 3 aromatic carbocycles. The van der Waals surface area contributed by atoms with E-state index in [4.69, 9.17) is 9.15 Å². The smallest absolute Gasteiger partial charge is 0.416 e. The lowest BCUT2D eigenvalue weighted by molar-refractivity contribution is -0.137. The Morgan fingerprint density at radius 2 is 1.69 bits per heavy atom. The Morgan fingerprint density at radius 3 is 2.37 bits per heavy atom. The van der Waals surface area contributed by atoms with Crippen molar-refractivity contribution in [3.63, 3.8) is 0 Å². The van der Waals surface area contributed by atoms with E-state index in [1.165, 1.54) is 49.6 Å². The minimum absolute atomic E-state index is 0.0110. The maximum atomic E-state index is 13.5. The number of nitrogens with zero attached hydrogens (tertiary/aromatic N) is 1. The largest absolute Gasteiger partial charge is 0.465 e. The van der Waals surface area contributed by atoms with Gasteiger partial charge < -0.3 is 9.15 Å². The third-order valence-corrected chi connectivity index (χ3v) is 5.88. The van der Waals surface area contributed by atoms with E-state index in [0.717, 1.165) is 17.0 Å². The number of carbonyl (C=O) groups excluding carboxylic acids is 2. The molecule has 0 radical (unpaired) electrons. The average molecular weight is 479 g/mol. The van der Waals surface area contributed by atoms with Gasteiger partial charge in [-0.25, -0.2) is 4.79 Å². The third kappa shape index (κ3) is 3.65. The second-order valence-electron chi connectivity index (χ2n) is 7.91. The first-order chi connectivity index (χ1) is 16.7. The molecule has 5 rings (SSSR count). The number of halogens is 3. The molecule has 0 spiro atoms. The molecule has 0 saturated carbocycles. The topological polar surface area (TPSA) is 76.8 Å². The number of carbonyl (C=O) groups is 2. The van der Waals surface area contributed by atoms with Crippen LogP contribution >= 0.6 is 0 Å². The van der Waals surface area contributed by atoms with E-state index in [9.17, 15) is 27.6 Å². The minimum atomic E-state index is -4.63. The summed E-state index contributed by atoms with van der Waals surface area (Å²) < 4.78 is 50.8. The first-order valence-corrected chi connectivity index (χ1v) is 10.5. The third-order valence-electron chi connectivity index (χ3n) is 5.88. The molecular formula is C26H16F3NO5. The molecular weight excluding hydrogens is 463 g/mol. The van der Waals surface area contributed by atoms with Crippen LogP contribution in [0.25, 0.3) is 11.0 Å². The van der Waals surface area contributed by atoms with Gasteiger partial charge in [-0.1, -0.05) is 30.3 Å². The van der Waals surface area contributed by atoms with Crippen LogP contribution in [0.5, 0.6) is 0 Å². The standard InChI is InChI=1S/C26H16F3NO5/c1-34-25(33)15-11-9-14(10-12-15)21-20-22(31)18-7-2-3-8-19(18)35-23(20)24(32)30(21)17-6-4-5-16(13-17)26(27,28)29/h2-13,21H,1H3. The van der Waals surface area contributed by atoms with Crippen molar-refractivity contribution in [3.8, 4) is 0 Å². The number of esters is 1. The van der Waals surface area contributed by atoms with Crippen molar-refractivity contribution in [3.05, 3.63) is 111 Å². The second kappa shape index (κ2) is 8.12. The van der Waals surface area contributed by atoms with Gasteiger partial charge in [0.2, 0.25) is 5.76 Å². The molecule has 0 aliphatic carbocycles. The molecule has 2 heterocycles. The Kier molecular flexibility index (Phi) is 5.20. The van der Waals surface area contributed by atoms with Gasteiger partial charge in [0.25, 0.3) is 5.91 Å². The monoisotopic (exact) mass is 479 g/mol. The Bertz CT molecular complexity index is 1540. The molecule has 1 unspecified atom stereocenters. The zero-order chi connectivity index (χ0) is 24.9. The van der Waals surface area contributed by atoms with Crippen LogP contribution in [0.3, 0.4) is 0 Å². The summed E-state index contributed by atoms with van der Waals surface area (Å²) in [6, 6.07) is 15.6. The SMILES string of the molecule is COC(=O)c1ccc(C2c3c(oc4ccccc4c3=O)C(=O)N2c2cccc(C(F)(F)F)c2)cc1. The Balaban J connectivity index is 1.75. The van der Waals surface area contributed by atoms with Crippen LogP contribution < -0.4 is 10.3 Å². The second-order valence-corrected chi connectivity index (χ2v) is 7.91. The predicted molar refractivity (Wildman–Crippen MR) is 120 cm³/mol. The number of amides is 1. The van der Waals surface area contributed by atoms with Crippen molar-refractivity contribution in [1.82, 2.24) is 0 Å². The lowest BCUT2D eigenvalue weighted by atomic mass is 9.97. The van der Waals surface area contributed by atoms with Crippen molar-refractivity contribution >= 4 is 28.5 Å². The summed E-state index contributed by atoms with van der Waals surface area (Å²) in [5.41, 5.74) is -0.620. The highest BCUT2D eigenvalue weighted by molar-refractivity contribution is 6.10. The van der Waals surface area contributed by atoms with Crippen LogP contribution in [0, 0.1) is 0 Å². The molecule has 1 amide bonds. The zero-order valence-electron chi connectivity index (χ0n) is 18.1. The van der Waals surface area contributed by atoms with E-state index >= 15 is 0 Å². The normalized spacial score (nSPS) is 15.4. The van der Waals surface area contributed by atoms with Crippen molar-refractivity contribution < 1.29 is 31.9 Å². The summed E-state index contributed by atoms with van der Waals surface area (Å²) in [5, 5.41) is 0.237. The lowest BCUT2D eigenvalue weighted by Crippen LogP contribution is -2.29. The van der Waals surface area contributed by atoms with E-state index in [1.807, 2.05) is 0 Å². The summed E-state index contributed by atoms with van der Waals surface area (Å²) in [7, 11) is 1.23. The molecule has 0 bridgehead atoms. The van der Waals surface area contributed by atoms with Gasteiger partial charge in [-0.15, -0.1) is 0 Å². The number of hydrogen-bond acceptors (Lipinski definition) is 5. The van der Waals surface area contributed by atoms with E-state index in [-0.39, 0.29) is 33.5 Å². The maximum Gasteiger partial charge on any atom is 0.416 e. The first-order valence-electron chi connectivity index (χ1n) is 10.5. The molecule has 1 aromatic heterocycles. The van der Waals surface area contributed by atoms with Gasteiger partial charge in [0, 0.05) is 5.69 Å². The number of para-hydroxylation sites is 1. The van der Waals surface area contributed by atoms with Crippen LogP contribution in [0.4, 0.5) is 18.9 Å². The Labute approximate surface area is 196 Å². The highest BCUT2D eigenvalue weighted by atomic mass is 19.4. The zero-order valence-corrected chi connectivity index (χ0v) is 18.1. The van der Waals surface area contributed by atoms with E-state index < -0.39 is 35.1 Å². The van der Waals surface area contributed by atoms with E-state index in [0.29, 0.717) is 5.56 Å². The molecule has 4 aromatic rings. The average Bonchev–Trinajstić information content (AvgIpc) is 3.15.